The van der Waals surface area contributed by atoms with E-state index in [1.165, 1.54) is 0 Å². The van der Waals surface area contributed by atoms with E-state index in [-0.39, 0.29) is 0 Å². The summed E-state index contributed by atoms with van der Waals surface area (Å²) in [4.78, 5) is 0. The maximum absolute atomic E-state index is 9.70. The van der Waals surface area contributed by atoms with Crippen LogP contribution in [0, 0.1) is 6.92 Å². The molecule has 1 unspecified atom stereocenters. The Bertz CT molecular complexity index is 360. The molecule has 0 aliphatic rings. The van der Waals surface area contributed by atoms with Crippen molar-refractivity contribution >= 4 is 17.3 Å². The zero-order valence-electron chi connectivity index (χ0n) is 10.8. The summed E-state index contributed by atoms with van der Waals surface area (Å²) in [6.07, 6.45) is -0.545. The number of nitrogens with one attached hydrogen (secondary N) is 1. The molecule has 1 aromatic carbocycles. The fraction of sp³-hybridized carbons (Fsp3) is 0.538. The van der Waals surface area contributed by atoms with E-state index in [4.69, 9.17) is 21.1 Å². The third-order valence-corrected chi connectivity index (χ3v) is 2.69. The van der Waals surface area contributed by atoms with Crippen molar-refractivity contribution in [2.45, 2.75) is 13.0 Å². The Morgan fingerprint density at radius 3 is 2.83 bits per heavy atom. The lowest BCUT2D eigenvalue weighted by Crippen LogP contribution is -2.25. The van der Waals surface area contributed by atoms with Crippen LogP contribution in [0.4, 0.5) is 5.69 Å². The first-order valence-electron chi connectivity index (χ1n) is 5.88. The molecule has 1 aromatic rings. The van der Waals surface area contributed by atoms with Gasteiger partial charge in [-0.25, -0.2) is 0 Å². The molecule has 0 saturated heterocycles. The predicted molar refractivity (Wildman–Crippen MR) is 73.4 cm³/mol. The Kier molecular flexibility index (Phi) is 7.05. The van der Waals surface area contributed by atoms with Crippen molar-refractivity contribution in [2.75, 3.05) is 38.8 Å². The van der Waals surface area contributed by atoms with Crippen LogP contribution >= 0.6 is 11.6 Å². The van der Waals surface area contributed by atoms with Crippen LogP contribution in [0.25, 0.3) is 0 Å². The zero-order valence-corrected chi connectivity index (χ0v) is 11.5. The molecule has 0 bridgehead atoms. The van der Waals surface area contributed by atoms with Crippen LogP contribution in [-0.4, -0.2) is 44.7 Å². The van der Waals surface area contributed by atoms with E-state index in [0.717, 1.165) is 11.3 Å². The highest BCUT2D eigenvalue weighted by molar-refractivity contribution is 6.30. The highest BCUT2D eigenvalue weighted by atomic mass is 35.5. The summed E-state index contributed by atoms with van der Waals surface area (Å²) in [5.41, 5.74) is 2.02. The Hall–Kier alpha value is -0.810. The van der Waals surface area contributed by atoms with Gasteiger partial charge in [0.05, 0.1) is 25.9 Å². The van der Waals surface area contributed by atoms with E-state index < -0.39 is 6.10 Å². The number of hydrogen-bond donors (Lipinski definition) is 2. The van der Waals surface area contributed by atoms with Gasteiger partial charge in [-0.05, 0) is 30.7 Å². The quantitative estimate of drug-likeness (QED) is 0.712. The summed E-state index contributed by atoms with van der Waals surface area (Å²) < 4.78 is 10.1. The van der Waals surface area contributed by atoms with Crippen LogP contribution in [0.1, 0.15) is 5.56 Å². The number of aryl methyl sites for hydroxylation is 1. The minimum atomic E-state index is -0.545. The molecule has 0 aliphatic carbocycles. The summed E-state index contributed by atoms with van der Waals surface area (Å²) in [5.74, 6) is 0. The van der Waals surface area contributed by atoms with Gasteiger partial charge in [0.2, 0.25) is 0 Å². The summed E-state index contributed by atoms with van der Waals surface area (Å²) in [5, 5.41) is 13.6. The Labute approximate surface area is 113 Å². The summed E-state index contributed by atoms with van der Waals surface area (Å²) in [6.45, 7) is 3.73. The van der Waals surface area contributed by atoms with Crippen molar-refractivity contribution < 1.29 is 14.6 Å². The normalized spacial score (nSPS) is 12.4. The molecule has 1 rings (SSSR count). The molecule has 0 aromatic heterocycles. The first-order chi connectivity index (χ1) is 8.63. The fourth-order valence-electron chi connectivity index (χ4n) is 1.47. The Balaban J connectivity index is 2.27. The molecular weight excluding hydrogens is 254 g/mol. The second-order valence-electron chi connectivity index (χ2n) is 4.06. The maximum Gasteiger partial charge on any atom is 0.0945 e. The number of aliphatic hydroxyl groups is 1. The van der Waals surface area contributed by atoms with Gasteiger partial charge in [0.25, 0.3) is 0 Å². The first kappa shape index (κ1) is 15.2. The minimum absolute atomic E-state index is 0.295. The number of benzene rings is 1. The van der Waals surface area contributed by atoms with Crippen LogP contribution in [-0.2, 0) is 9.47 Å². The predicted octanol–water partition coefficient (Wildman–Crippen LogP) is 2.08. The van der Waals surface area contributed by atoms with Gasteiger partial charge in [0.15, 0.2) is 0 Å². The number of ether oxygens (including phenoxy) is 2. The second kappa shape index (κ2) is 8.32. The maximum atomic E-state index is 9.70. The molecule has 5 heteroatoms. The Morgan fingerprint density at radius 2 is 2.17 bits per heavy atom. The molecule has 0 heterocycles. The van der Waals surface area contributed by atoms with Gasteiger partial charge in [-0.3, -0.25) is 0 Å². The average Bonchev–Trinajstić information content (AvgIpc) is 2.33. The van der Waals surface area contributed by atoms with Gasteiger partial charge in [-0.2, -0.15) is 0 Å². The van der Waals surface area contributed by atoms with Crippen LogP contribution in [0.3, 0.4) is 0 Å². The third-order valence-electron chi connectivity index (χ3n) is 2.46. The molecule has 18 heavy (non-hydrogen) atoms. The van der Waals surface area contributed by atoms with E-state index in [1.807, 2.05) is 25.1 Å². The highest BCUT2D eigenvalue weighted by Crippen LogP contribution is 2.19. The zero-order chi connectivity index (χ0) is 13.4. The lowest BCUT2D eigenvalue weighted by Gasteiger charge is -2.14. The monoisotopic (exact) mass is 273 g/mol. The molecule has 0 spiro atoms. The van der Waals surface area contributed by atoms with E-state index in [1.54, 1.807) is 7.11 Å². The van der Waals surface area contributed by atoms with Gasteiger partial charge in [-0.15, -0.1) is 0 Å². The molecular formula is C13H20ClNO3. The first-order valence-corrected chi connectivity index (χ1v) is 6.26. The molecule has 0 saturated carbocycles. The molecule has 2 N–H and O–H groups in total. The number of rotatable bonds is 8. The summed E-state index contributed by atoms with van der Waals surface area (Å²) in [7, 11) is 1.62. The van der Waals surface area contributed by atoms with Crippen LogP contribution < -0.4 is 5.32 Å². The van der Waals surface area contributed by atoms with Crippen molar-refractivity contribution in [3.8, 4) is 0 Å². The largest absolute Gasteiger partial charge is 0.389 e. The van der Waals surface area contributed by atoms with Gasteiger partial charge in [0.1, 0.15) is 0 Å². The highest BCUT2D eigenvalue weighted by Gasteiger charge is 2.05. The van der Waals surface area contributed by atoms with Gasteiger partial charge in [0, 0.05) is 24.4 Å². The summed E-state index contributed by atoms with van der Waals surface area (Å²) in [6, 6.07) is 5.60. The van der Waals surface area contributed by atoms with E-state index in [9.17, 15) is 5.11 Å². The molecule has 0 aliphatic heterocycles. The van der Waals surface area contributed by atoms with Crippen molar-refractivity contribution in [3.05, 3.63) is 28.8 Å². The molecule has 102 valence electrons. The van der Waals surface area contributed by atoms with Crippen molar-refractivity contribution in [1.29, 1.82) is 0 Å². The lowest BCUT2D eigenvalue weighted by atomic mass is 10.2. The molecule has 0 fully saturated rings. The van der Waals surface area contributed by atoms with Crippen LogP contribution in [0.2, 0.25) is 5.02 Å². The molecule has 1 atom stereocenters. The van der Waals surface area contributed by atoms with E-state index >= 15 is 0 Å². The topological polar surface area (TPSA) is 50.7 Å². The van der Waals surface area contributed by atoms with Crippen LogP contribution in [0.5, 0.6) is 0 Å². The molecule has 0 amide bonds. The van der Waals surface area contributed by atoms with Crippen LogP contribution in [0.15, 0.2) is 18.2 Å². The van der Waals surface area contributed by atoms with Gasteiger partial charge in [-0.1, -0.05) is 11.6 Å². The number of hydrogen-bond acceptors (Lipinski definition) is 4. The van der Waals surface area contributed by atoms with Crippen molar-refractivity contribution in [3.63, 3.8) is 0 Å². The smallest absolute Gasteiger partial charge is 0.0945 e. The van der Waals surface area contributed by atoms with Gasteiger partial charge < -0.3 is 19.9 Å². The lowest BCUT2D eigenvalue weighted by molar-refractivity contribution is 0.0182. The van der Waals surface area contributed by atoms with Gasteiger partial charge >= 0.3 is 0 Å². The number of methoxy groups -OCH3 is 1. The average molecular weight is 274 g/mol. The molecule has 0 radical (unpaired) electrons. The minimum Gasteiger partial charge on any atom is -0.389 e. The third kappa shape index (κ3) is 5.69. The SMILES string of the molecule is COCCOCC(O)CNc1ccc(Cl)cc1C. The molecule has 4 nitrogen and oxygen atoms in total. The van der Waals surface area contributed by atoms with E-state index in [2.05, 4.69) is 5.32 Å². The fourth-order valence-corrected chi connectivity index (χ4v) is 1.70. The summed E-state index contributed by atoms with van der Waals surface area (Å²) >= 11 is 5.87. The number of aliphatic hydroxyl groups excluding tert-OH is 1. The van der Waals surface area contributed by atoms with Crippen molar-refractivity contribution in [1.82, 2.24) is 0 Å². The number of halogens is 1. The second-order valence-corrected chi connectivity index (χ2v) is 4.50. The number of anilines is 1. The standard InChI is InChI=1S/C13H20ClNO3/c1-10-7-11(14)3-4-13(10)15-8-12(16)9-18-6-5-17-2/h3-4,7,12,15-16H,5-6,8-9H2,1-2H3. The van der Waals surface area contributed by atoms with Crippen molar-refractivity contribution in [2.24, 2.45) is 0 Å². The Morgan fingerprint density at radius 1 is 1.39 bits per heavy atom. The van der Waals surface area contributed by atoms with E-state index in [0.29, 0.717) is 31.4 Å².